The maximum Gasteiger partial charge on any atom is 0.416 e. The van der Waals surface area contributed by atoms with Crippen LogP contribution in [0.25, 0.3) is 5.57 Å². The van der Waals surface area contributed by atoms with E-state index < -0.39 is 23.7 Å². The van der Waals surface area contributed by atoms with Crippen LogP contribution in [0.5, 0.6) is 0 Å². The van der Waals surface area contributed by atoms with Crippen molar-refractivity contribution >= 4 is 40.2 Å². The Hall–Kier alpha value is -2.49. The molecular weight excluding hydrogens is 461 g/mol. The molecule has 32 heavy (non-hydrogen) atoms. The predicted molar refractivity (Wildman–Crippen MR) is 122 cm³/mol. The molecule has 1 amide bonds. The Morgan fingerprint density at radius 1 is 1.41 bits per heavy atom. The Balaban J connectivity index is 1.78. The highest BCUT2D eigenvalue weighted by Gasteiger charge is 2.31. The molecule has 1 atom stereocenters. The minimum absolute atomic E-state index is 0.0467. The molecule has 1 aliphatic carbocycles. The van der Waals surface area contributed by atoms with Crippen LogP contribution in [-0.2, 0) is 24.4 Å². The first-order chi connectivity index (χ1) is 15.0. The summed E-state index contributed by atoms with van der Waals surface area (Å²) in [4.78, 5) is 13.3. The molecule has 0 fully saturated rings. The number of alkyl halides is 3. The average Bonchev–Trinajstić information content (AvgIpc) is 3.06. The van der Waals surface area contributed by atoms with Gasteiger partial charge < -0.3 is 11.1 Å². The molecule has 0 aliphatic heterocycles. The summed E-state index contributed by atoms with van der Waals surface area (Å²) >= 11 is 11.9. The molecular formula is C22H22ClF3N4OS. The van der Waals surface area contributed by atoms with E-state index in [4.69, 9.17) is 29.6 Å². The molecule has 3 N–H and O–H groups in total. The largest absolute Gasteiger partial charge is 0.416 e. The zero-order valence-corrected chi connectivity index (χ0v) is 19.0. The fourth-order valence-corrected chi connectivity index (χ4v) is 4.18. The van der Waals surface area contributed by atoms with Gasteiger partial charge in [-0.05, 0) is 36.6 Å². The second kappa shape index (κ2) is 9.56. The van der Waals surface area contributed by atoms with Crippen molar-refractivity contribution in [1.82, 2.24) is 15.1 Å². The van der Waals surface area contributed by atoms with Gasteiger partial charge in [0, 0.05) is 41.5 Å². The quantitative estimate of drug-likeness (QED) is 0.608. The first-order valence-corrected chi connectivity index (χ1v) is 10.6. The van der Waals surface area contributed by atoms with Crippen molar-refractivity contribution in [3.63, 3.8) is 0 Å². The molecule has 0 unspecified atom stereocenters. The number of hydrogen-bond donors (Lipinski definition) is 2. The number of allylic oxidation sites excluding steroid dienone is 3. The zero-order valence-electron chi connectivity index (χ0n) is 17.5. The maximum absolute atomic E-state index is 13.0. The molecule has 1 aromatic carbocycles. The average molecular weight is 483 g/mol. The van der Waals surface area contributed by atoms with Gasteiger partial charge in [-0.1, -0.05) is 42.0 Å². The van der Waals surface area contributed by atoms with Crippen LogP contribution in [0.3, 0.4) is 0 Å². The lowest BCUT2D eigenvalue weighted by Gasteiger charge is -2.22. The fourth-order valence-electron chi connectivity index (χ4n) is 3.62. The van der Waals surface area contributed by atoms with E-state index >= 15 is 0 Å². The van der Waals surface area contributed by atoms with Crippen molar-refractivity contribution in [3.05, 3.63) is 69.5 Å². The third-order valence-corrected chi connectivity index (χ3v) is 5.91. The topological polar surface area (TPSA) is 72.9 Å². The maximum atomic E-state index is 13.0. The molecule has 1 aliphatic rings. The number of nitrogens with one attached hydrogen (secondary N) is 1. The Kier molecular flexibility index (Phi) is 7.22. The summed E-state index contributed by atoms with van der Waals surface area (Å²) in [6, 6.07) is 4.38. The van der Waals surface area contributed by atoms with Gasteiger partial charge in [0.15, 0.2) is 0 Å². The second-order valence-electron chi connectivity index (χ2n) is 7.59. The molecule has 10 heteroatoms. The standard InChI is InChI=1S/C22H22ClF3N4OS/c1-12-11-28-30(2)20(12)16-9-19(32)17(8-18(16)23)21(31)29-15(10-27)7-13-4-3-5-14(6-13)22(24,25)26/h3-6,8,11,15H,7,9-10,27H2,1-2H3,(H,29,31)/t15-/m0/s1. The molecule has 0 bridgehead atoms. The molecule has 0 saturated carbocycles. The fraction of sp³-hybridized carbons (Fsp3) is 0.318. The number of aromatic nitrogens is 2. The van der Waals surface area contributed by atoms with Gasteiger partial charge >= 0.3 is 6.18 Å². The first kappa shape index (κ1) is 24.2. The number of halogens is 4. The van der Waals surface area contributed by atoms with Crippen molar-refractivity contribution in [2.45, 2.75) is 32.0 Å². The van der Waals surface area contributed by atoms with E-state index in [9.17, 15) is 18.0 Å². The molecule has 3 rings (SSSR count). The van der Waals surface area contributed by atoms with E-state index in [0.717, 1.165) is 29.0 Å². The van der Waals surface area contributed by atoms with E-state index in [2.05, 4.69) is 10.4 Å². The highest BCUT2D eigenvalue weighted by atomic mass is 35.5. The van der Waals surface area contributed by atoms with Crippen molar-refractivity contribution in [2.75, 3.05) is 6.54 Å². The van der Waals surface area contributed by atoms with Crippen LogP contribution in [0.15, 0.2) is 47.1 Å². The second-order valence-corrected chi connectivity index (χ2v) is 8.49. The number of thiocarbonyl (C=S) groups is 1. The monoisotopic (exact) mass is 482 g/mol. The van der Waals surface area contributed by atoms with Gasteiger partial charge in [0.2, 0.25) is 0 Å². The SMILES string of the molecule is Cc1cnn(C)c1C1=C(Cl)C=C(C(=O)N[C@H](CN)Cc2cccc(C(F)(F)F)c2)C(=S)C1. The van der Waals surface area contributed by atoms with Crippen molar-refractivity contribution in [3.8, 4) is 0 Å². The van der Waals surface area contributed by atoms with Crippen LogP contribution < -0.4 is 11.1 Å². The highest BCUT2D eigenvalue weighted by molar-refractivity contribution is 7.81. The first-order valence-electron chi connectivity index (χ1n) is 9.80. The van der Waals surface area contributed by atoms with Crippen molar-refractivity contribution in [1.29, 1.82) is 0 Å². The van der Waals surface area contributed by atoms with E-state index in [1.165, 1.54) is 12.1 Å². The molecule has 0 spiro atoms. The molecule has 1 aromatic heterocycles. The number of carbonyl (C=O) groups is 1. The Morgan fingerprint density at radius 3 is 2.72 bits per heavy atom. The normalized spacial score (nSPS) is 15.6. The van der Waals surface area contributed by atoms with Gasteiger partial charge in [-0.15, -0.1) is 0 Å². The van der Waals surface area contributed by atoms with Gasteiger partial charge in [-0.2, -0.15) is 18.3 Å². The number of nitrogens with zero attached hydrogens (tertiary/aromatic N) is 2. The van der Waals surface area contributed by atoms with E-state index in [1.807, 2.05) is 6.92 Å². The van der Waals surface area contributed by atoms with Gasteiger partial charge in [0.25, 0.3) is 5.91 Å². The molecule has 0 radical (unpaired) electrons. The number of aryl methyl sites for hydroxylation is 2. The number of rotatable bonds is 6. The molecule has 170 valence electrons. The molecule has 2 aromatic rings. The Morgan fingerprint density at radius 2 is 2.12 bits per heavy atom. The molecule has 5 nitrogen and oxygen atoms in total. The number of nitrogens with two attached hydrogens (primary N) is 1. The third-order valence-electron chi connectivity index (χ3n) is 5.21. The summed E-state index contributed by atoms with van der Waals surface area (Å²) in [5.41, 5.74) is 8.25. The lowest BCUT2D eigenvalue weighted by Crippen LogP contribution is -2.43. The van der Waals surface area contributed by atoms with Gasteiger partial charge in [0.05, 0.1) is 23.0 Å². The van der Waals surface area contributed by atoms with Crippen LogP contribution in [0.1, 0.15) is 28.8 Å². The summed E-state index contributed by atoms with van der Waals surface area (Å²) < 4.78 is 40.6. The van der Waals surface area contributed by atoms with Crippen LogP contribution in [0, 0.1) is 6.92 Å². The summed E-state index contributed by atoms with van der Waals surface area (Å²) in [5.74, 6) is -0.462. The molecule has 0 saturated heterocycles. The number of amides is 1. The Labute approximate surface area is 194 Å². The van der Waals surface area contributed by atoms with Gasteiger partial charge in [-0.25, -0.2) is 0 Å². The summed E-state index contributed by atoms with van der Waals surface area (Å²) in [6.45, 7) is 1.96. The Bertz CT molecular complexity index is 1100. The van der Waals surface area contributed by atoms with E-state index in [0.29, 0.717) is 21.9 Å². The van der Waals surface area contributed by atoms with Gasteiger partial charge in [0.1, 0.15) is 0 Å². The highest BCUT2D eigenvalue weighted by Crippen LogP contribution is 2.34. The minimum atomic E-state index is -4.44. The number of benzene rings is 1. The van der Waals surface area contributed by atoms with Crippen LogP contribution in [0.4, 0.5) is 13.2 Å². The lowest BCUT2D eigenvalue weighted by molar-refractivity contribution is -0.137. The summed E-state index contributed by atoms with van der Waals surface area (Å²) in [6.07, 6.45) is -0.753. The van der Waals surface area contributed by atoms with E-state index in [1.54, 1.807) is 24.0 Å². The van der Waals surface area contributed by atoms with E-state index in [-0.39, 0.29) is 18.5 Å². The minimum Gasteiger partial charge on any atom is -0.348 e. The van der Waals surface area contributed by atoms with Crippen molar-refractivity contribution < 1.29 is 18.0 Å². The molecule has 1 heterocycles. The van der Waals surface area contributed by atoms with Crippen LogP contribution in [0.2, 0.25) is 0 Å². The summed E-state index contributed by atoms with van der Waals surface area (Å²) in [5, 5.41) is 7.37. The predicted octanol–water partition coefficient (Wildman–Crippen LogP) is 4.08. The van der Waals surface area contributed by atoms with Crippen LogP contribution in [-0.4, -0.2) is 33.1 Å². The smallest absolute Gasteiger partial charge is 0.348 e. The summed E-state index contributed by atoms with van der Waals surface area (Å²) in [7, 11) is 1.80. The van der Waals surface area contributed by atoms with Crippen molar-refractivity contribution in [2.24, 2.45) is 12.8 Å². The van der Waals surface area contributed by atoms with Crippen LogP contribution >= 0.6 is 23.8 Å². The zero-order chi connectivity index (χ0) is 23.6. The third kappa shape index (κ3) is 5.28. The number of hydrogen-bond acceptors (Lipinski definition) is 4. The lowest BCUT2D eigenvalue weighted by atomic mass is 9.93. The number of carbonyl (C=O) groups excluding carboxylic acids is 1. The van der Waals surface area contributed by atoms with Gasteiger partial charge in [-0.3, -0.25) is 9.48 Å².